The third-order valence-corrected chi connectivity index (χ3v) is 5.21. The van der Waals surface area contributed by atoms with Crippen LogP contribution in [0.15, 0.2) is 36.7 Å². The fourth-order valence-corrected chi connectivity index (χ4v) is 3.94. The molecule has 3 heterocycles. The number of benzene rings is 1. The molecule has 1 aromatic carbocycles. The Morgan fingerprint density at radius 1 is 1.21 bits per heavy atom. The van der Waals surface area contributed by atoms with E-state index in [1.165, 1.54) is 24.2 Å². The highest BCUT2D eigenvalue weighted by atomic mass is 15.2. The van der Waals surface area contributed by atoms with E-state index in [-0.39, 0.29) is 0 Å². The maximum absolute atomic E-state index is 4.98. The van der Waals surface area contributed by atoms with Crippen LogP contribution in [0, 0.1) is 6.92 Å². The lowest BCUT2D eigenvalue weighted by Gasteiger charge is -2.25. The molecule has 1 atom stereocenters. The number of rotatable bonds is 5. The van der Waals surface area contributed by atoms with Crippen molar-refractivity contribution in [1.82, 2.24) is 24.0 Å². The Labute approximate surface area is 142 Å². The minimum Gasteiger partial charge on any atom is -0.334 e. The summed E-state index contributed by atoms with van der Waals surface area (Å²) in [5, 5.41) is 0. The van der Waals surface area contributed by atoms with Crippen LogP contribution in [0.5, 0.6) is 0 Å². The first-order chi connectivity index (χ1) is 11.8. The summed E-state index contributed by atoms with van der Waals surface area (Å²) < 4.78 is 4.62. The van der Waals surface area contributed by atoms with Crippen LogP contribution in [0.2, 0.25) is 0 Å². The van der Waals surface area contributed by atoms with E-state index in [1.807, 2.05) is 6.20 Å². The summed E-state index contributed by atoms with van der Waals surface area (Å²) in [5.41, 5.74) is 2.37. The second-order valence-corrected chi connectivity index (χ2v) is 6.56. The number of nitrogens with zero attached hydrogens (tertiary/aromatic N) is 5. The standard InChI is InChI=1S/C19H25N5/c1-3-24-17-8-5-4-7-16(17)21-19(24)18-9-6-11-23(18)14-13-22-12-10-20-15(22)2/h4-5,7-8,10,12,18H,3,6,9,11,13-14H2,1-2H3/t18-/m1/s1. The maximum atomic E-state index is 4.98. The number of aromatic nitrogens is 4. The number of imidazole rings is 2. The van der Waals surface area contributed by atoms with Gasteiger partial charge in [-0.3, -0.25) is 4.90 Å². The summed E-state index contributed by atoms with van der Waals surface area (Å²) in [6.45, 7) is 8.46. The van der Waals surface area contributed by atoms with Gasteiger partial charge in [-0.1, -0.05) is 12.1 Å². The molecule has 2 aromatic heterocycles. The monoisotopic (exact) mass is 323 g/mol. The minimum absolute atomic E-state index is 0.432. The van der Waals surface area contributed by atoms with Gasteiger partial charge in [0.2, 0.25) is 0 Å². The summed E-state index contributed by atoms with van der Waals surface area (Å²) in [4.78, 5) is 11.9. The summed E-state index contributed by atoms with van der Waals surface area (Å²) in [6, 6.07) is 8.92. The summed E-state index contributed by atoms with van der Waals surface area (Å²) in [7, 11) is 0. The molecule has 1 aliphatic rings. The Morgan fingerprint density at radius 3 is 2.88 bits per heavy atom. The van der Waals surface area contributed by atoms with Crippen molar-refractivity contribution in [2.24, 2.45) is 0 Å². The van der Waals surface area contributed by atoms with Crippen LogP contribution in [0.1, 0.15) is 37.5 Å². The van der Waals surface area contributed by atoms with Crippen molar-refractivity contribution in [3.8, 4) is 0 Å². The van der Waals surface area contributed by atoms with E-state index in [1.54, 1.807) is 0 Å². The second kappa shape index (κ2) is 6.40. The third-order valence-electron chi connectivity index (χ3n) is 5.21. The maximum Gasteiger partial charge on any atom is 0.127 e. The smallest absolute Gasteiger partial charge is 0.127 e. The van der Waals surface area contributed by atoms with Crippen molar-refractivity contribution in [3.63, 3.8) is 0 Å². The zero-order chi connectivity index (χ0) is 16.5. The Balaban J connectivity index is 1.59. The van der Waals surface area contributed by atoms with Gasteiger partial charge >= 0.3 is 0 Å². The number of likely N-dealkylation sites (tertiary alicyclic amines) is 1. The van der Waals surface area contributed by atoms with Crippen molar-refractivity contribution < 1.29 is 0 Å². The number of fused-ring (bicyclic) bond motifs is 1. The molecule has 4 rings (SSSR count). The fraction of sp³-hybridized carbons (Fsp3) is 0.474. The van der Waals surface area contributed by atoms with Gasteiger partial charge < -0.3 is 9.13 Å². The highest BCUT2D eigenvalue weighted by Crippen LogP contribution is 2.33. The molecule has 0 aliphatic carbocycles. The quantitative estimate of drug-likeness (QED) is 0.722. The molecule has 5 heteroatoms. The first-order valence-electron chi connectivity index (χ1n) is 8.95. The predicted molar refractivity (Wildman–Crippen MR) is 95.9 cm³/mol. The summed E-state index contributed by atoms with van der Waals surface area (Å²) in [5.74, 6) is 2.32. The lowest BCUT2D eigenvalue weighted by atomic mass is 10.2. The SMILES string of the molecule is CCn1c([C@H]2CCCN2CCn2ccnc2C)nc2ccccc21. The molecule has 0 bridgehead atoms. The molecule has 0 unspecified atom stereocenters. The normalized spacial score (nSPS) is 18.7. The van der Waals surface area contributed by atoms with Crippen molar-refractivity contribution >= 4 is 11.0 Å². The largest absolute Gasteiger partial charge is 0.334 e. The van der Waals surface area contributed by atoms with Crippen LogP contribution in [-0.2, 0) is 13.1 Å². The van der Waals surface area contributed by atoms with Gasteiger partial charge in [0.15, 0.2) is 0 Å². The van der Waals surface area contributed by atoms with Gasteiger partial charge in [-0.2, -0.15) is 0 Å². The Kier molecular flexibility index (Phi) is 4.10. The molecule has 0 N–H and O–H groups in total. The lowest BCUT2D eigenvalue weighted by Crippen LogP contribution is -2.29. The average Bonchev–Trinajstić information content (AvgIpc) is 3.30. The molecule has 0 saturated carbocycles. The third kappa shape index (κ3) is 2.63. The van der Waals surface area contributed by atoms with Gasteiger partial charge in [-0.25, -0.2) is 9.97 Å². The van der Waals surface area contributed by atoms with Crippen LogP contribution in [0.3, 0.4) is 0 Å². The van der Waals surface area contributed by atoms with Crippen LogP contribution in [0.25, 0.3) is 11.0 Å². The average molecular weight is 323 g/mol. The number of aryl methyl sites for hydroxylation is 2. The number of hydrogen-bond donors (Lipinski definition) is 0. The zero-order valence-electron chi connectivity index (χ0n) is 14.5. The van der Waals surface area contributed by atoms with Gasteiger partial charge in [0, 0.05) is 32.0 Å². The first-order valence-corrected chi connectivity index (χ1v) is 8.95. The molecule has 0 amide bonds. The highest BCUT2D eigenvalue weighted by molar-refractivity contribution is 5.76. The van der Waals surface area contributed by atoms with Crippen LogP contribution >= 0.6 is 0 Å². The van der Waals surface area contributed by atoms with E-state index < -0.39 is 0 Å². The number of para-hydroxylation sites is 2. The minimum atomic E-state index is 0.432. The van der Waals surface area contributed by atoms with Crippen LogP contribution in [0.4, 0.5) is 0 Å². The van der Waals surface area contributed by atoms with Crippen molar-refractivity contribution in [3.05, 3.63) is 48.3 Å². The molecule has 24 heavy (non-hydrogen) atoms. The Bertz CT molecular complexity index is 831. The second-order valence-electron chi connectivity index (χ2n) is 6.56. The molecule has 5 nitrogen and oxygen atoms in total. The summed E-state index contributed by atoms with van der Waals surface area (Å²) in [6.07, 6.45) is 6.40. The zero-order valence-corrected chi connectivity index (χ0v) is 14.5. The first kappa shape index (κ1) is 15.4. The van der Waals surface area contributed by atoms with Gasteiger partial charge in [0.1, 0.15) is 11.6 Å². The van der Waals surface area contributed by atoms with Gasteiger partial charge in [0.25, 0.3) is 0 Å². The van der Waals surface area contributed by atoms with E-state index >= 15 is 0 Å². The lowest BCUT2D eigenvalue weighted by molar-refractivity contribution is 0.234. The molecule has 3 aromatic rings. The predicted octanol–water partition coefficient (Wildman–Crippen LogP) is 3.40. The summed E-state index contributed by atoms with van der Waals surface area (Å²) >= 11 is 0. The molecule has 1 saturated heterocycles. The molecule has 0 spiro atoms. The molecule has 1 aliphatic heterocycles. The van der Waals surface area contributed by atoms with E-state index in [0.717, 1.165) is 37.5 Å². The van der Waals surface area contributed by atoms with Crippen molar-refractivity contribution in [2.75, 3.05) is 13.1 Å². The van der Waals surface area contributed by atoms with E-state index in [0.29, 0.717) is 6.04 Å². The van der Waals surface area contributed by atoms with Crippen molar-refractivity contribution in [1.29, 1.82) is 0 Å². The molecular weight excluding hydrogens is 298 g/mol. The van der Waals surface area contributed by atoms with Crippen LogP contribution < -0.4 is 0 Å². The van der Waals surface area contributed by atoms with E-state index in [4.69, 9.17) is 4.98 Å². The Morgan fingerprint density at radius 2 is 2.08 bits per heavy atom. The molecular formula is C19H25N5. The number of hydrogen-bond acceptors (Lipinski definition) is 3. The van der Waals surface area contributed by atoms with Crippen molar-refractivity contribution in [2.45, 2.75) is 45.8 Å². The highest BCUT2D eigenvalue weighted by Gasteiger charge is 2.30. The van der Waals surface area contributed by atoms with Gasteiger partial charge in [0.05, 0.1) is 17.1 Å². The van der Waals surface area contributed by atoms with Crippen LogP contribution in [-0.4, -0.2) is 37.1 Å². The molecule has 0 radical (unpaired) electrons. The van der Waals surface area contributed by atoms with Gasteiger partial charge in [-0.15, -0.1) is 0 Å². The van der Waals surface area contributed by atoms with E-state index in [2.05, 4.69) is 63.3 Å². The molecule has 1 fully saturated rings. The molecule has 126 valence electrons. The van der Waals surface area contributed by atoms with E-state index in [9.17, 15) is 0 Å². The topological polar surface area (TPSA) is 38.9 Å². The Hall–Kier alpha value is -2.14. The fourth-order valence-electron chi connectivity index (χ4n) is 3.94. The van der Waals surface area contributed by atoms with Gasteiger partial charge in [-0.05, 0) is 45.4 Å².